The lowest BCUT2D eigenvalue weighted by Crippen LogP contribution is -2.44. The summed E-state index contributed by atoms with van der Waals surface area (Å²) < 4.78 is 6.26. The van der Waals surface area contributed by atoms with E-state index in [4.69, 9.17) is 4.74 Å². The quantitative estimate of drug-likeness (QED) is 0.754. The van der Waals surface area contributed by atoms with Gasteiger partial charge in [-0.1, -0.05) is 15.9 Å². The van der Waals surface area contributed by atoms with Crippen molar-refractivity contribution in [3.8, 4) is 0 Å². The van der Waals surface area contributed by atoms with E-state index in [1.807, 2.05) is 12.1 Å². The predicted octanol–water partition coefficient (Wildman–Crippen LogP) is 1.36. The summed E-state index contributed by atoms with van der Waals surface area (Å²) in [6.07, 6.45) is 0. The Bertz CT molecular complexity index is 545. The van der Waals surface area contributed by atoms with Gasteiger partial charge in [-0.05, 0) is 24.3 Å². The van der Waals surface area contributed by atoms with Gasteiger partial charge in [-0.3, -0.25) is 14.5 Å². The Balaban J connectivity index is 1.73. The summed E-state index contributed by atoms with van der Waals surface area (Å²) in [5.41, 5.74) is 0.612. The number of ether oxygens (including phenoxy) is 1. The SMILES string of the molecule is CC(=O)N(CCNC(=O)c1ccc(Br)cc1)CCN1CCOCC1. The molecule has 1 saturated heterocycles. The number of nitrogens with one attached hydrogen (secondary N) is 1. The maximum Gasteiger partial charge on any atom is 0.251 e. The maximum absolute atomic E-state index is 12.1. The van der Waals surface area contributed by atoms with E-state index in [2.05, 4.69) is 26.1 Å². The molecule has 0 saturated carbocycles. The summed E-state index contributed by atoms with van der Waals surface area (Å²) in [5, 5.41) is 2.86. The van der Waals surface area contributed by atoms with Crippen LogP contribution < -0.4 is 5.32 Å². The lowest BCUT2D eigenvalue weighted by molar-refractivity contribution is -0.129. The molecule has 1 aliphatic heterocycles. The second kappa shape index (κ2) is 9.76. The normalized spacial score (nSPS) is 15.1. The fourth-order valence-electron chi connectivity index (χ4n) is 2.52. The molecule has 1 fully saturated rings. The van der Waals surface area contributed by atoms with Gasteiger partial charge in [0.1, 0.15) is 0 Å². The fourth-order valence-corrected chi connectivity index (χ4v) is 2.79. The van der Waals surface area contributed by atoms with E-state index in [0.29, 0.717) is 25.2 Å². The Morgan fingerprint density at radius 3 is 2.50 bits per heavy atom. The van der Waals surface area contributed by atoms with Gasteiger partial charge in [0.05, 0.1) is 13.2 Å². The van der Waals surface area contributed by atoms with Crippen LogP contribution in [-0.4, -0.2) is 74.1 Å². The number of benzene rings is 1. The second-order valence-corrected chi connectivity index (χ2v) is 6.64. The highest BCUT2D eigenvalue weighted by Crippen LogP contribution is 2.10. The topological polar surface area (TPSA) is 61.9 Å². The van der Waals surface area contributed by atoms with Crippen LogP contribution in [0, 0.1) is 0 Å². The van der Waals surface area contributed by atoms with Gasteiger partial charge in [-0.2, -0.15) is 0 Å². The third kappa shape index (κ3) is 6.22. The molecular weight excluding hydrogens is 374 g/mol. The average molecular weight is 398 g/mol. The number of morpholine rings is 1. The highest BCUT2D eigenvalue weighted by atomic mass is 79.9. The number of carbonyl (C=O) groups excluding carboxylic acids is 2. The number of hydrogen-bond donors (Lipinski definition) is 1. The Labute approximate surface area is 151 Å². The predicted molar refractivity (Wildman–Crippen MR) is 96.0 cm³/mol. The molecule has 132 valence electrons. The van der Waals surface area contributed by atoms with Crippen molar-refractivity contribution in [2.24, 2.45) is 0 Å². The van der Waals surface area contributed by atoms with Gasteiger partial charge in [0, 0.05) is 56.2 Å². The third-order valence-corrected chi connectivity index (χ3v) is 4.54. The van der Waals surface area contributed by atoms with Gasteiger partial charge in [-0.25, -0.2) is 0 Å². The first-order valence-electron chi connectivity index (χ1n) is 8.15. The van der Waals surface area contributed by atoms with Gasteiger partial charge in [0.15, 0.2) is 0 Å². The minimum absolute atomic E-state index is 0.0288. The number of carbonyl (C=O) groups is 2. The zero-order chi connectivity index (χ0) is 17.4. The summed E-state index contributed by atoms with van der Waals surface area (Å²) in [6, 6.07) is 7.19. The average Bonchev–Trinajstić information content (AvgIpc) is 2.59. The number of hydrogen-bond acceptors (Lipinski definition) is 4. The molecule has 1 aliphatic rings. The van der Waals surface area contributed by atoms with Crippen molar-refractivity contribution >= 4 is 27.7 Å². The zero-order valence-corrected chi connectivity index (χ0v) is 15.5. The molecule has 6 nitrogen and oxygen atoms in total. The van der Waals surface area contributed by atoms with Crippen molar-refractivity contribution in [2.45, 2.75) is 6.92 Å². The van der Waals surface area contributed by atoms with Crippen molar-refractivity contribution in [2.75, 3.05) is 52.5 Å². The van der Waals surface area contributed by atoms with E-state index in [1.54, 1.807) is 24.0 Å². The van der Waals surface area contributed by atoms with Crippen molar-refractivity contribution in [3.63, 3.8) is 0 Å². The van der Waals surface area contributed by atoms with E-state index in [9.17, 15) is 9.59 Å². The van der Waals surface area contributed by atoms with Crippen LogP contribution in [0.25, 0.3) is 0 Å². The largest absolute Gasteiger partial charge is 0.379 e. The van der Waals surface area contributed by atoms with Crippen molar-refractivity contribution in [1.29, 1.82) is 0 Å². The summed E-state index contributed by atoms with van der Waals surface area (Å²) in [6.45, 7) is 7.35. The molecule has 0 aromatic heterocycles. The molecule has 2 rings (SSSR count). The van der Waals surface area contributed by atoms with Crippen molar-refractivity contribution < 1.29 is 14.3 Å². The number of rotatable bonds is 7. The van der Waals surface area contributed by atoms with Gasteiger partial charge in [-0.15, -0.1) is 0 Å². The molecule has 0 unspecified atom stereocenters. The van der Waals surface area contributed by atoms with Crippen LogP contribution in [0.3, 0.4) is 0 Å². The second-order valence-electron chi connectivity index (χ2n) is 5.72. The molecule has 0 aliphatic carbocycles. The van der Waals surface area contributed by atoms with Crippen LogP contribution in [0.1, 0.15) is 17.3 Å². The first kappa shape index (κ1) is 18.9. The molecule has 0 spiro atoms. The Morgan fingerprint density at radius 2 is 1.88 bits per heavy atom. The molecule has 0 atom stereocenters. The Morgan fingerprint density at radius 1 is 1.21 bits per heavy atom. The minimum atomic E-state index is -0.126. The molecule has 1 aromatic carbocycles. The zero-order valence-electron chi connectivity index (χ0n) is 14.0. The number of nitrogens with zero attached hydrogens (tertiary/aromatic N) is 2. The van der Waals surface area contributed by atoms with Crippen LogP contribution in [0.5, 0.6) is 0 Å². The lowest BCUT2D eigenvalue weighted by atomic mass is 10.2. The molecular formula is C17H24BrN3O3. The van der Waals surface area contributed by atoms with Crippen LogP contribution in [-0.2, 0) is 9.53 Å². The van der Waals surface area contributed by atoms with E-state index in [-0.39, 0.29) is 11.8 Å². The van der Waals surface area contributed by atoms with E-state index < -0.39 is 0 Å². The van der Waals surface area contributed by atoms with Gasteiger partial charge >= 0.3 is 0 Å². The summed E-state index contributed by atoms with van der Waals surface area (Å²) in [7, 11) is 0. The fraction of sp³-hybridized carbons (Fsp3) is 0.529. The Kier molecular flexibility index (Phi) is 7.68. The minimum Gasteiger partial charge on any atom is -0.379 e. The first-order chi connectivity index (χ1) is 11.6. The summed E-state index contributed by atoms with van der Waals surface area (Å²) in [5.74, 6) is -0.0969. The lowest BCUT2D eigenvalue weighted by Gasteiger charge is -2.29. The molecule has 1 aromatic rings. The van der Waals surface area contributed by atoms with E-state index in [1.165, 1.54) is 0 Å². The molecule has 2 amide bonds. The summed E-state index contributed by atoms with van der Waals surface area (Å²) >= 11 is 3.34. The smallest absolute Gasteiger partial charge is 0.251 e. The van der Waals surface area contributed by atoms with Gasteiger partial charge in [0.25, 0.3) is 5.91 Å². The standard InChI is InChI=1S/C17H24BrN3O3/c1-14(22)21(9-8-20-10-12-24-13-11-20)7-6-19-17(23)15-2-4-16(18)5-3-15/h2-5H,6-13H2,1H3,(H,19,23). The number of amides is 2. The van der Waals surface area contributed by atoms with E-state index >= 15 is 0 Å². The molecule has 1 N–H and O–H groups in total. The molecule has 1 heterocycles. The van der Waals surface area contributed by atoms with Crippen LogP contribution >= 0.6 is 15.9 Å². The Hall–Kier alpha value is -1.44. The monoisotopic (exact) mass is 397 g/mol. The van der Waals surface area contributed by atoms with Gasteiger partial charge < -0.3 is 15.0 Å². The molecule has 0 radical (unpaired) electrons. The first-order valence-corrected chi connectivity index (χ1v) is 8.95. The number of halogens is 1. The molecule has 7 heteroatoms. The molecule has 24 heavy (non-hydrogen) atoms. The van der Waals surface area contributed by atoms with Crippen molar-refractivity contribution in [1.82, 2.24) is 15.1 Å². The van der Waals surface area contributed by atoms with Crippen LogP contribution in [0.4, 0.5) is 0 Å². The highest BCUT2D eigenvalue weighted by molar-refractivity contribution is 9.10. The van der Waals surface area contributed by atoms with Gasteiger partial charge in [0.2, 0.25) is 5.91 Å². The summed E-state index contributed by atoms with van der Waals surface area (Å²) in [4.78, 5) is 27.9. The molecule has 0 bridgehead atoms. The maximum atomic E-state index is 12.1. The van der Waals surface area contributed by atoms with E-state index in [0.717, 1.165) is 37.3 Å². The third-order valence-electron chi connectivity index (χ3n) is 4.01. The van der Waals surface area contributed by atoms with Crippen LogP contribution in [0.2, 0.25) is 0 Å². The van der Waals surface area contributed by atoms with Crippen molar-refractivity contribution in [3.05, 3.63) is 34.3 Å². The highest BCUT2D eigenvalue weighted by Gasteiger charge is 2.14. The van der Waals surface area contributed by atoms with Crippen LogP contribution in [0.15, 0.2) is 28.7 Å².